The summed E-state index contributed by atoms with van der Waals surface area (Å²) in [4.78, 5) is 12.0. The van der Waals surface area contributed by atoms with Gasteiger partial charge in [0.25, 0.3) is 0 Å². The second kappa shape index (κ2) is 3.69. The average molecular weight is 167 g/mol. The van der Waals surface area contributed by atoms with Gasteiger partial charge < -0.3 is 5.73 Å². The van der Waals surface area contributed by atoms with Gasteiger partial charge in [-0.05, 0) is 17.4 Å². The van der Waals surface area contributed by atoms with Crippen molar-refractivity contribution in [2.24, 2.45) is 5.73 Å². The van der Waals surface area contributed by atoms with Crippen molar-refractivity contribution < 1.29 is 4.79 Å². The Kier molecular flexibility index (Phi) is 2.85. The first-order valence-electron chi connectivity index (χ1n) is 3.53. The molecule has 0 unspecified atom stereocenters. The highest BCUT2D eigenvalue weighted by atomic mass is 32.1. The van der Waals surface area contributed by atoms with Gasteiger partial charge in [0.1, 0.15) is 0 Å². The number of ketones is 1. The van der Waals surface area contributed by atoms with Gasteiger partial charge in [0, 0.05) is 6.42 Å². The molecule has 0 aliphatic carbocycles. The van der Waals surface area contributed by atoms with Gasteiger partial charge in [-0.2, -0.15) is 0 Å². The molecule has 0 aliphatic heterocycles. The molecule has 2 nitrogen and oxygen atoms in total. The van der Waals surface area contributed by atoms with Gasteiger partial charge in [-0.25, -0.2) is 0 Å². The van der Waals surface area contributed by atoms with Crippen LogP contribution in [0.25, 0.3) is 0 Å². The zero-order valence-electron chi connectivity index (χ0n) is 6.46. The fourth-order valence-corrected chi connectivity index (χ4v) is 1.67. The molecule has 0 amide bonds. The van der Waals surface area contributed by atoms with Crippen LogP contribution in [0.3, 0.4) is 0 Å². The van der Waals surface area contributed by atoms with Crippen molar-refractivity contribution in [3.05, 3.63) is 17.0 Å². The molecule has 0 atom stereocenters. The van der Waals surface area contributed by atoms with Crippen LogP contribution in [0.1, 0.15) is 16.1 Å². The molecule has 1 aromatic heterocycles. The summed E-state index contributed by atoms with van der Waals surface area (Å²) in [6.07, 6.45) is 0.458. The molecule has 0 aliphatic rings. The van der Waals surface area contributed by atoms with Crippen LogP contribution in [0.5, 0.6) is 0 Å². The molecule has 0 fully saturated rings. The second-order valence-corrected chi connectivity index (χ2v) is 3.66. The number of nitrogens with two attached hydrogens (primary N) is 1. The van der Waals surface area contributed by atoms with Gasteiger partial charge in [-0.1, -0.05) is 6.07 Å². The Balaban J connectivity index is 2.69. The van der Waals surface area contributed by atoms with Gasteiger partial charge in [0.2, 0.25) is 0 Å². The van der Waals surface area contributed by atoms with Crippen molar-refractivity contribution in [1.29, 1.82) is 0 Å². The van der Waals surface area contributed by atoms with E-state index in [9.17, 15) is 4.79 Å². The fraction of sp³-hybridized carbons (Fsp3) is 0.286. The Hall–Kier alpha value is -0.605. The van der Waals surface area contributed by atoms with E-state index < -0.39 is 0 Å². The minimum atomic E-state index is 0.158. The van der Waals surface area contributed by atoms with E-state index >= 15 is 0 Å². The summed E-state index contributed by atoms with van der Waals surface area (Å²) in [6.45, 7) is 0.440. The third kappa shape index (κ3) is 2.17. The molecular weight excluding hydrogens is 157 g/mol. The molecule has 2 N–H and O–H groups in total. The van der Waals surface area contributed by atoms with Gasteiger partial charge in [0.05, 0.1) is 4.88 Å². The van der Waals surface area contributed by atoms with Crippen LogP contribution in [0, 0.1) is 0 Å². The van der Waals surface area contributed by atoms with Crippen LogP contribution < -0.4 is 10.5 Å². The van der Waals surface area contributed by atoms with E-state index in [1.165, 1.54) is 16.1 Å². The van der Waals surface area contributed by atoms with E-state index in [0.717, 1.165) is 4.88 Å². The van der Waals surface area contributed by atoms with Gasteiger partial charge in [-0.3, -0.25) is 4.79 Å². The van der Waals surface area contributed by atoms with E-state index in [4.69, 9.17) is 5.73 Å². The zero-order valence-corrected chi connectivity index (χ0v) is 7.28. The van der Waals surface area contributed by atoms with Gasteiger partial charge >= 0.3 is 0 Å². The minimum absolute atomic E-state index is 0.158. The quantitative estimate of drug-likeness (QED) is 0.488. The van der Waals surface area contributed by atoms with Crippen LogP contribution in [0.2, 0.25) is 0 Å². The van der Waals surface area contributed by atoms with E-state index in [-0.39, 0.29) is 5.78 Å². The first-order chi connectivity index (χ1) is 5.24. The molecule has 0 radical (unpaired) electrons. The van der Waals surface area contributed by atoms with Crippen molar-refractivity contribution in [2.45, 2.75) is 6.42 Å². The van der Waals surface area contributed by atoms with Crippen LogP contribution in [0.4, 0.5) is 0 Å². The van der Waals surface area contributed by atoms with E-state index in [2.05, 4.69) is 0 Å². The summed E-state index contributed by atoms with van der Waals surface area (Å²) in [7, 11) is 1.99. The van der Waals surface area contributed by atoms with Crippen molar-refractivity contribution in [1.82, 2.24) is 0 Å². The summed E-state index contributed by atoms with van der Waals surface area (Å²) < 4.78 is 1.17. The average Bonchev–Trinajstić information content (AvgIpc) is 2.36. The lowest BCUT2D eigenvalue weighted by atomic mass is 10.1. The molecule has 0 bridgehead atoms. The lowest BCUT2D eigenvalue weighted by Crippen LogP contribution is -2.06. The Morgan fingerprint density at radius 2 is 2.36 bits per heavy atom. The zero-order chi connectivity index (χ0) is 8.27. The largest absolute Gasteiger partial charge is 0.330 e. The topological polar surface area (TPSA) is 43.1 Å². The summed E-state index contributed by atoms with van der Waals surface area (Å²) >= 11 is 1.53. The highest BCUT2D eigenvalue weighted by Gasteiger charge is 2.05. The lowest BCUT2D eigenvalue weighted by molar-refractivity contribution is 0.0989. The number of carbonyl (C=O) groups is 1. The molecule has 58 valence electrons. The molecular formula is C7H10BNOS. The molecule has 4 heteroatoms. The van der Waals surface area contributed by atoms with Crippen molar-refractivity contribution in [2.75, 3.05) is 6.54 Å². The maximum absolute atomic E-state index is 11.2. The van der Waals surface area contributed by atoms with Gasteiger partial charge in [-0.15, -0.1) is 11.3 Å². The smallest absolute Gasteiger partial charge is 0.174 e. The van der Waals surface area contributed by atoms with Crippen molar-refractivity contribution >= 4 is 29.7 Å². The SMILES string of the molecule is Bc1ccc(C(=O)CCN)s1. The normalized spacial score (nSPS) is 9.91. The van der Waals surface area contributed by atoms with Crippen LogP contribution in [-0.4, -0.2) is 20.2 Å². The maximum Gasteiger partial charge on any atom is 0.174 e. The highest BCUT2D eigenvalue weighted by molar-refractivity contribution is 7.21. The first kappa shape index (κ1) is 8.49. The van der Waals surface area contributed by atoms with Crippen LogP contribution >= 0.6 is 11.3 Å². The minimum Gasteiger partial charge on any atom is -0.330 e. The fourth-order valence-electron chi connectivity index (χ4n) is 0.839. The molecule has 1 rings (SSSR count). The Morgan fingerprint density at radius 3 is 2.82 bits per heavy atom. The molecule has 11 heavy (non-hydrogen) atoms. The third-order valence-electron chi connectivity index (χ3n) is 1.39. The third-order valence-corrected chi connectivity index (χ3v) is 2.43. The monoisotopic (exact) mass is 167 g/mol. The molecule has 0 aromatic carbocycles. The summed E-state index contributed by atoms with van der Waals surface area (Å²) in [5.74, 6) is 0.158. The lowest BCUT2D eigenvalue weighted by Gasteiger charge is -1.91. The van der Waals surface area contributed by atoms with Crippen molar-refractivity contribution in [3.63, 3.8) is 0 Å². The predicted octanol–water partition coefficient (Wildman–Crippen LogP) is -0.462. The summed E-state index contributed by atoms with van der Waals surface area (Å²) in [6, 6.07) is 3.81. The first-order valence-corrected chi connectivity index (χ1v) is 4.35. The number of Topliss-reactive ketones (excluding diaryl/α,β-unsaturated/α-hetero) is 1. The Labute approximate surface area is 70.8 Å². The maximum atomic E-state index is 11.2. The molecule has 0 saturated carbocycles. The predicted molar refractivity (Wildman–Crippen MR) is 50.5 cm³/mol. The molecule has 0 spiro atoms. The molecule has 1 heterocycles. The summed E-state index contributed by atoms with van der Waals surface area (Å²) in [5.41, 5.74) is 5.26. The van der Waals surface area contributed by atoms with E-state index in [0.29, 0.717) is 13.0 Å². The van der Waals surface area contributed by atoms with Crippen LogP contribution in [0.15, 0.2) is 12.1 Å². The standard InChI is InChI=1S/C7H10BNOS/c8-7-2-1-6(11-7)5(10)3-4-9/h1-2H,3-4,8-9H2. The van der Waals surface area contributed by atoms with Gasteiger partial charge in [0.15, 0.2) is 13.6 Å². The Bertz CT molecular complexity index is 259. The Morgan fingerprint density at radius 1 is 1.64 bits per heavy atom. The van der Waals surface area contributed by atoms with Crippen LogP contribution in [-0.2, 0) is 0 Å². The van der Waals surface area contributed by atoms with E-state index in [1.807, 2.05) is 20.0 Å². The summed E-state index contributed by atoms with van der Waals surface area (Å²) in [5, 5.41) is 0. The van der Waals surface area contributed by atoms with E-state index in [1.54, 1.807) is 0 Å². The van der Waals surface area contributed by atoms with Crippen molar-refractivity contribution in [3.8, 4) is 0 Å². The number of rotatable bonds is 3. The molecule has 1 aromatic rings. The number of hydrogen-bond donors (Lipinski definition) is 1. The highest BCUT2D eigenvalue weighted by Crippen LogP contribution is 2.07. The number of thiophene rings is 1. The molecule has 0 saturated heterocycles. The number of hydrogen-bond acceptors (Lipinski definition) is 3. The second-order valence-electron chi connectivity index (χ2n) is 2.37. The number of carbonyl (C=O) groups excluding carboxylic acids is 1.